The summed E-state index contributed by atoms with van der Waals surface area (Å²) in [4.78, 5) is 4.20. The maximum absolute atomic E-state index is 12.9. The van der Waals surface area contributed by atoms with Crippen molar-refractivity contribution in [2.24, 2.45) is 0 Å². The highest BCUT2D eigenvalue weighted by Gasteiger charge is 2.05. The third kappa shape index (κ3) is 3.07. The van der Waals surface area contributed by atoms with Crippen molar-refractivity contribution in [3.05, 3.63) is 40.6 Å². The van der Waals surface area contributed by atoms with E-state index in [1.165, 1.54) is 12.1 Å². The standard InChI is InChI=1S/C12H14BrFN4/c1-2-5-18-12(16-8-17-18)7-15-11-4-3-9(14)6-10(11)13/h3-4,6,8,15H,2,5,7H2,1H3. The lowest BCUT2D eigenvalue weighted by Gasteiger charge is -2.09. The monoisotopic (exact) mass is 312 g/mol. The minimum atomic E-state index is -0.262. The van der Waals surface area contributed by atoms with E-state index in [1.807, 2.05) is 4.68 Å². The molecule has 2 rings (SSSR count). The number of anilines is 1. The van der Waals surface area contributed by atoms with Gasteiger partial charge in [-0.1, -0.05) is 6.92 Å². The molecule has 0 aliphatic heterocycles. The van der Waals surface area contributed by atoms with Gasteiger partial charge in [0, 0.05) is 16.7 Å². The van der Waals surface area contributed by atoms with Crippen LogP contribution < -0.4 is 5.32 Å². The van der Waals surface area contributed by atoms with Gasteiger partial charge in [0.1, 0.15) is 18.0 Å². The summed E-state index contributed by atoms with van der Waals surface area (Å²) >= 11 is 3.32. The third-order valence-electron chi connectivity index (χ3n) is 2.50. The molecule has 1 N–H and O–H groups in total. The van der Waals surface area contributed by atoms with Crippen LogP contribution in [0.5, 0.6) is 0 Å². The van der Waals surface area contributed by atoms with E-state index < -0.39 is 0 Å². The van der Waals surface area contributed by atoms with Crippen LogP contribution in [0, 0.1) is 5.82 Å². The Morgan fingerprint density at radius 2 is 2.28 bits per heavy atom. The predicted octanol–water partition coefficient (Wildman–Crippen LogP) is 3.20. The Kier molecular flexibility index (Phi) is 4.30. The van der Waals surface area contributed by atoms with Crippen LogP contribution in [0.25, 0.3) is 0 Å². The fourth-order valence-electron chi connectivity index (χ4n) is 1.63. The second kappa shape index (κ2) is 5.95. The van der Waals surface area contributed by atoms with Crippen LogP contribution in [0.1, 0.15) is 19.2 Å². The average molecular weight is 313 g/mol. The van der Waals surface area contributed by atoms with E-state index in [0.29, 0.717) is 11.0 Å². The summed E-state index contributed by atoms with van der Waals surface area (Å²) in [6.07, 6.45) is 2.56. The lowest BCUT2D eigenvalue weighted by Crippen LogP contribution is -2.10. The van der Waals surface area contributed by atoms with Crippen molar-refractivity contribution in [3.63, 3.8) is 0 Å². The first-order valence-electron chi connectivity index (χ1n) is 5.76. The fraction of sp³-hybridized carbons (Fsp3) is 0.333. The Balaban J connectivity index is 2.04. The van der Waals surface area contributed by atoms with Crippen molar-refractivity contribution in [2.75, 3.05) is 5.32 Å². The highest BCUT2D eigenvalue weighted by molar-refractivity contribution is 9.10. The van der Waals surface area contributed by atoms with E-state index in [4.69, 9.17) is 0 Å². The molecule has 0 fully saturated rings. The summed E-state index contributed by atoms with van der Waals surface area (Å²) in [7, 11) is 0. The van der Waals surface area contributed by atoms with E-state index in [2.05, 4.69) is 38.3 Å². The summed E-state index contributed by atoms with van der Waals surface area (Å²) in [5.41, 5.74) is 0.836. The Bertz CT molecular complexity index is 527. The van der Waals surface area contributed by atoms with Gasteiger partial charge in [-0.25, -0.2) is 14.1 Å². The second-order valence-electron chi connectivity index (χ2n) is 3.88. The summed E-state index contributed by atoms with van der Waals surface area (Å²) in [6.45, 7) is 3.50. The van der Waals surface area contributed by atoms with Gasteiger partial charge in [-0.05, 0) is 40.5 Å². The first-order valence-corrected chi connectivity index (χ1v) is 6.55. The first kappa shape index (κ1) is 13.0. The van der Waals surface area contributed by atoms with Gasteiger partial charge in [0.2, 0.25) is 0 Å². The van der Waals surface area contributed by atoms with Crippen molar-refractivity contribution >= 4 is 21.6 Å². The van der Waals surface area contributed by atoms with Crippen LogP contribution in [0.2, 0.25) is 0 Å². The third-order valence-corrected chi connectivity index (χ3v) is 3.16. The molecule has 18 heavy (non-hydrogen) atoms. The number of hydrogen-bond acceptors (Lipinski definition) is 3. The van der Waals surface area contributed by atoms with Gasteiger partial charge in [-0.2, -0.15) is 5.10 Å². The number of aromatic nitrogens is 3. The molecule has 96 valence electrons. The molecule has 0 amide bonds. The van der Waals surface area contributed by atoms with Crippen LogP contribution in [0.4, 0.5) is 10.1 Å². The van der Waals surface area contributed by atoms with Gasteiger partial charge in [0.05, 0.1) is 6.54 Å². The van der Waals surface area contributed by atoms with E-state index >= 15 is 0 Å². The molecule has 1 aromatic carbocycles. The molecule has 0 spiro atoms. The number of rotatable bonds is 5. The molecule has 0 bridgehead atoms. The molecule has 0 radical (unpaired) electrons. The molecule has 1 heterocycles. The molecule has 0 unspecified atom stereocenters. The molecule has 2 aromatic rings. The van der Waals surface area contributed by atoms with Crippen LogP contribution in [-0.2, 0) is 13.1 Å². The fourth-order valence-corrected chi connectivity index (χ4v) is 2.12. The zero-order valence-corrected chi connectivity index (χ0v) is 11.6. The lowest BCUT2D eigenvalue weighted by atomic mass is 10.3. The largest absolute Gasteiger partial charge is 0.377 e. The number of hydrogen-bond donors (Lipinski definition) is 1. The minimum Gasteiger partial charge on any atom is -0.377 e. The highest BCUT2D eigenvalue weighted by atomic mass is 79.9. The maximum atomic E-state index is 12.9. The highest BCUT2D eigenvalue weighted by Crippen LogP contribution is 2.23. The average Bonchev–Trinajstić information content (AvgIpc) is 2.76. The molecule has 0 aliphatic carbocycles. The molecule has 1 aromatic heterocycles. The van der Waals surface area contributed by atoms with Crippen molar-refractivity contribution < 1.29 is 4.39 Å². The number of halogens is 2. The molecule has 0 saturated heterocycles. The van der Waals surface area contributed by atoms with E-state index in [9.17, 15) is 4.39 Å². The normalized spacial score (nSPS) is 10.6. The summed E-state index contributed by atoms with van der Waals surface area (Å²) in [5, 5.41) is 7.35. The zero-order valence-electron chi connectivity index (χ0n) is 10.0. The topological polar surface area (TPSA) is 42.7 Å². The van der Waals surface area contributed by atoms with Crippen molar-refractivity contribution in [2.45, 2.75) is 26.4 Å². The minimum absolute atomic E-state index is 0.262. The summed E-state index contributed by atoms with van der Waals surface area (Å²) in [5.74, 6) is 0.606. The summed E-state index contributed by atoms with van der Waals surface area (Å²) < 4.78 is 15.5. The molecule has 0 atom stereocenters. The number of nitrogens with one attached hydrogen (secondary N) is 1. The number of aryl methyl sites for hydroxylation is 1. The quantitative estimate of drug-likeness (QED) is 0.922. The molecule has 6 heteroatoms. The van der Waals surface area contributed by atoms with E-state index in [-0.39, 0.29) is 5.82 Å². The zero-order chi connectivity index (χ0) is 13.0. The van der Waals surface area contributed by atoms with Gasteiger partial charge in [0.25, 0.3) is 0 Å². The van der Waals surface area contributed by atoms with Crippen LogP contribution in [0.3, 0.4) is 0 Å². The van der Waals surface area contributed by atoms with Gasteiger partial charge in [-0.15, -0.1) is 0 Å². The lowest BCUT2D eigenvalue weighted by molar-refractivity contribution is 0.574. The second-order valence-corrected chi connectivity index (χ2v) is 4.73. The van der Waals surface area contributed by atoms with Crippen LogP contribution in [0.15, 0.2) is 29.0 Å². The van der Waals surface area contributed by atoms with Crippen molar-refractivity contribution in [1.29, 1.82) is 0 Å². The van der Waals surface area contributed by atoms with Gasteiger partial charge >= 0.3 is 0 Å². The van der Waals surface area contributed by atoms with Gasteiger partial charge in [-0.3, -0.25) is 0 Å². The molecular weight excluding hydrogens is 299 g/mol. The van der Waals surface area contributed by atoms with Crippen molar-refractivity contribution in [1.82, 2.24) is 14.8 Å². The Hall–Kier alpha value is -1.43. The SMILES string of the molecule is CCCn1ncnc1CNc1ccc(F)cc1Br. The smallest absolute Gasteiger partial charge is 0.146 e. The number of benzene rings is 1. The van der Waals surface area contributed by atoms with Gasteiger partial charge < -0.3 is 5.32 Å². The Labute approximate surface area is 113 Å². The molecule has 0 saturated carbocycles. The van der Waals surface area contributed by atoms with Crippen molar-refractivity contribution in [3.8, 4) is 0 Å². The molecule has 0 aliphatic rings. The maximum Gasteiger partial charge on any atom is 0.146 e. The van der Waals surface area contributed by atoms with E-state index in [0.717, 1.165) is 24.5 Å². The summed E-state index contributed by atoms with van der Waals surface area (Å²) in [6, 6.07) is 4.54. The Morgan fingerprint density at radius 1 is 1.44 bits per heavy atom. The first-order chi connectivity index (χ1) is 8.70. The van der Waals surface area contributed by atoms with Gasteiger partial charge in [0.15, 0.2) is 0 Å². The van der Waals surface area contributed by atoms with Crippen LogP contribution in [-0.4, -0.2) is 14.8 Å². The molecule has 4 nitrogen and oxygen atoms in total. The Morgan fingerprint density at radius 3 is 3.00 bits per heavy atom. The molecular formula is C12H14BrFN4. The van der Waals surface area contributed by atoms with Crippen LogP contribution >= 0.6 is 15.9 Å². The predicted molar refractivity (Wildman–Crippen MR) is 71.7 cm³/mol. The number of nitrogens with zero attached hydrogens (tertiary/aromatic N) is 3. The van der Waals surface area contributed by atoms with E-state index in [1.54, 1.807) is 12.4 Å².